The molecule has 1 saturated heterocycles. The third-order valence-corrected chi connectivity index (χ3v) is 7.25. The first-order valence-electron chi connectivity index (χ1n) is 15.7. The highest BCUT2D eigenvalue weighted by atomic mass is 16.5. The van der Waals surface area contributed by atoms with E-state index in [4.69, 9.17) is 18.9 Å². The Bertz CT molecular complexity index is 690. The highest BCUT2D eigenvalue weighted by Crippen LogP contribution is 2.20. The molecule has 0 saturated carbocycles. The molecule has 1 rings (SSSR count). The molecule has 2 amide bonds. The fraction of sp³-hybridized carbons (Fsp3) is 0.871. The average molecular weight is 585 g/mol. The topological polar surface area (TPSA) is 120 Å². The van der Waals surface area contributed by atoms with Crippen LogP contribution >= 0.6 is 0 Å². The van der Waals surface area contributed by atoms with E-state index in [0.29, 0.717) is 26.1 Å². The molecule has 0 aliphatic carbocycles. The normalized spacial score (nSPS) is 15.3. The van der Waals surface area contributed by atoms with E-state index in [1.165, 1.54) is 0 Å². The Balaban J connectivity index is 2.29. The molecule has 1 fully saturated rings. The maximum Gasteiger partial charge on any atom is 0.222 e. The maximum atomic E-state index is 12.9. The predicted octanol–water partition coefficient (Wildman–Crippen LogP) is 4.02. The van der Waals surface area contributed by atoms with Crippen LogP contribution in [0, 0.1) is 0 Å². The van der Waals surface area contributed by atoms with Gasteiger partial charge in [0.25, 0.3) is 0 Å². The second-order valence-corrected chi connectivity index (χ2v) is 11.1. The van der Waals surface area contributed by atoms with Gasteiger partial charge in [-0.15, -0.1) is 0 Å². The van der Waals surface area contributed by atoms with Crippen LogP contribution in [0.3, 0.4) is 0 Å². The summed E-state index contributed by atoms with van der Waals surface area (Å²) in [6.45, 7) is 5.12. The third-order valence-electron chi connectivity index (χ3n) is 7.25. The Morgan fingerprint density at radius 3 is 1.90 bits per heavy atom. The van der Waals surface area contributed by atoms with Gasteiger partial charge in [-0.1, -0.05) is 45.4 Å². The number of amides is 2. The smallest absolute Gasteiger partial charge is 0.222 e. The van der Waals surface area contributed by atoms with Crippen LogP contribution in [0.4, 0.5) is 0 Å². The molecule has 0 spiro atoms. The van der Waals surface area contributed by atoms with Crippen LogP contribution in [0.5, 0.6) is 0 Å². The number of hydrogen-bond donors (Lipinski definition) is 1. The van der Waals surface area contributed by atoms with E-state index < -0.39 is 5.54 Å². The van der Waals surface area contributed by atoms with E-state index >= 15 is 0 Å². The van der Waals surface area contributed by atoms with Gasteiger partial charge in [0.05, 0.1) is 45.7 Å². The first-order chi connectivity index (χ1) is 20.0. The molecule has 1 aliphatic rings. The van der Waals surface area contributed by atoms with Crippen molar-refractivity contribution in [3.05, 3.63) is 0 Å². The zero-order chi connectivity index (χ0) is 30.0. The number of carbonyl (C=O) groups is 4. The van der Waals surface area contributed by atoms with Crippen LogP contribution in [0.1, 0.15) is 103 Å². The number of unbranched alkanes of at least 4 members (excludes halogenated alkanes) is 7. The quantitative estimate of drug-likeness (QED) is 0.108. The number of carbonyl (C=O) groups excluding carboxylic acids is 4. The fourth-order valence-electron chi connectivity index (χ4n) is 5.10. The van der Waals surface area contributed by atoms with Gasteiger partial charge in [0.1, 0.15) is 18.1 Å². The number of rotatable bonds is 28. The number of ether oxygens (including phenoxy) is 4. The van der Waals surface area contributed by atoms with Gasteiger partial charge in [0, 0.05) is 45.9 Å². The van der Waals surface area contributed by atoms with Crippen molar-refractivity contribution in [3.8, 4) is 0 Å². The number of hydrogen-bond acceptors (Lipinski definition) is 8. The van der Waals surface area contributed by atoms with Gasteiger partial charge in [-0.3, -0.25) is 9.59 Å². The van der Waals surface area contributed by atoms with Gasteiger partial charge in [-0.2, -0.15) is 0 Å². The van der Waals surface area contributed by atoms with Crippen molar-refractivity contribution < 1.29 is 38.1 Å². The Hall–Kier alpha value is -1.88. The molecule has 41 heavy (non-hydrogen) atoms. The summed E-state index contributed by atoms with van der Waals surface area (Å²) in [5.74, 6) is 0.183. The lowest BCUT2D eigenvalue weighted by Gasteiger charge is -2.34. The maximum absolute atomic E-state index is 12.9. The monoisotopic (exact) mass is 584 g/mol. The highest BCUT2D eigenvalue weighted by Gasteiger charge is 2.33. The van der Waals surface area contributed by atoms with Crippen LogP contribution in [-0.2, 0) is 38.1 Å². The minimum absolute atomic E-state index is 0.0847. The van der Waals surface area contributed by atoms with Gasteiger partial charge in [-0.25, -0.2) is 0 Å². The standard InChI is InChI=1S/C31H56N2O8/c1-3-21-39-25-31(26-40-22-13-19-34,27-41-23-14-20-35)32-29(36)16-10-8-6-4-5-7-9-11-17-30(37)33-18-12-15-28(33)24-38-2/h19-20,28H,3-18,21-27H2,1-2H3,(H,32,36)/t28-/m0/s1. The third kappa shape index (κ3) is 17.6. The fourth-order valence-corrected chi connectivity index (χ4v) is 5.10. The molecule has 0 bridgehead atoms. The number of aldehydes is 2. The van der Waals surface area contributed by atoms with E-state index in [-0.39, 0.29) is 63.7 Å². The molecule has 0 aromatic rings. The highest BCUT2D eigenvalue weighted by molar-refractivity contribution is 5.77. The van der Waals surface area contributed by atoms with Crippen molar-refractivity contribution in [2.75, 3.05) is 59.9 Å². The molecule has 1 aliphatic heterocycles. The van der Waals surface area contributed by atoms with Crippen LogP contribution in [-0.4, -0.2) is 101 Å². The first kappa shape index (κ1) is 37.1. The first-order valence-corrected chi connectivity index (χ1v) is 15.7. The molecule has 10 heteroatoms. The molecular formula is C31H56N2O8. The van der Waals surface area contributed by atoms with Crippen molar-refractivity contribution in [1.82, 2.24) is 10.2 Å². The van der Waals surface area contributed by atoms with Gasteiger partial charge in [-0.05, 0) is 32.1 Å². The van der Waals surface area contributed by atoms with Crippen molar-refractivity contribution in [2.24, 2.45) is 0 Å². The second-order valence-electron chi connectivity index (χ2n) is 11.1. The van der Waals surface area contributed by atoms with E-state index in [0.717, 1.165) is 89.7 Å². The molecule has 0 aromatic heterocycles. The SMILES string of the molecule is CCCOCC(COCCC=O)(COCCC=O)NC(=O)CCCCCCCCCCC(=O)N1CCC[C@H]1COC. The molecule has 0 radical (unpaired) electrons. The van der Waals surface area contributed by atoms with E-state index in [2.05, 4.69) is 5.32 Å². The van der Waals surface area contributed by atoms with Crippen molar-refractivity contribution >= 4 is 24.4 Å². The number of likely N-dealkylation sites (tertiary alicyclic amines) is 1. The summed E-state index contributed by atoms with van der Waals surface area (Å²) in [4.78, 5) is 48.7. The summed E-state index contributed by atoms with van der Waals surface area (Å²) in [6, 6.07) is 0.254. The molecule has 1 heterocycles. The zero-order valence-corrected chi connectivity index (χ0v) is 25.7. The summed E-state index contributed by atoms with van der Waals surface area (Å²) in [5, 5.41) is 3.08. The average Bonchev–Trinajstić information content (AvgIpc) is 3.43. The zero-order valence-electron chi connectivity index (χ0n) is 25.7. The van der Waals surface area contributed by atoms with Crippen LogP contribution < -0.4 is 5.32 Å². The van der Waals surface area contributed by atoms with Crippen LogP contribution in [0.15, 0.2) is 0 Å². The van der Waals surface area contributed by atoms with Gasteiger partial charge >= 0.3 is 0 Å². The second kappa shape index (κ2) is 24.7. The predicted molar refractivity (Wildman–Crippen MR) is 158 cm³/mol. The number of nitrogens with one attached hydrogen (secondary N) is 1. The molecule has 1 atom stereocenters. The Morgan fingerprint density at radius 1 is 0.829 bits per heavy atom. The molecule has 1 N–H and O–H groups in total. The van der Waals surface area contributed by atoms with Crippen molar-refractivity contribution in [1.29, 1.82) is 0 Å². The number of methoxy groups -OCH3 is 1. The van der Waals surface area contributed by atoms with Crippen molar-refractivity contribution in [3.63, 3.8) is 0 Å². The van der Waals surface area contributed by atoms with Gasteiger partial charge < -0.3 is 38.8 Å². The summed E-state index contributed by atoms with van der Waals surface area (Å²) in [6.07, 6.45) is 14.4. The van der Waals surface area contributed by atoms with E-state index in [1.54, 1.807) is 7.11 Å². The Labute approximate surface area is 247 Å². The minimum atomic E-state index is -0.876. The van der Waals surface area contributed by atoms with Gasteiger partial charge in [0.2, 0.25) is 11.8 Å². The molecule has 0 unspecified atom stereocenters. The minimum Gasteiger partial charge on any atom is -0.383 e. The molecule has 238 valence electrons. The summed E-state index contributed by atoms with van der Waals surface area (Å²) in [5.41, 5.74) is -0.876. The Morgan fingerprint density at radius 2 is 1.37 bits per heavy atom. The molecule has 0 aromatic carbocycles. The van der Waals surface area contributed by atoms with E-state index in [9.17, 15) is 19.2 Å². The van der Waals surface area contributed by atoms with Crippen molar-refractivity contribution in [2.45, 2.75) is 115 Å². The lowest BCUT2D eigenvalue weighted by atomic mass is 10.0. The largest absolute Gasteiger partial charge is 0.383 e. The van der Waals surface area contributed by atoms with Crippen LogP contribution in [0.2, 0.25) is 0 Å². The molecular weight excluding hydrogens is 528 g/mol. The lowest BCUT2D eigenvalue weighted by Crippen LogP contribution is -2.58. The lowest BCUT2D eigenvalue weighted by molar-refractivity contribution is -0.133. The molecule has 10 nitrogen and oxygen atoms in total. The summed E-state index contributed by atoms with van der Waals surface area (Å²) < 4.78 is 22.4. The number of nitrogens with zero attached hydrogens (tertiary/aromatic N) is 1. The Kier molecular flexibility index (Phi) is 22.4. The van der Waals surface area contributed by atoms with E-state index in [1.807, 2.05) is 11.8 Å². The van der Waals surface area contributed by atoms with Crippen LogP contribution in [0.25, 0.3) is 0 Å². The summed E-state index contributed by atoms with van der Waals surface area (Å²) in [7, 11) is 1.69. The summed E-state index contributed by atoms with van der Waals surface area (Å²) >= 11 is 0. The van der Waals surface area contributed by atoms with Gasteiger partial charge in [0.15, 0.2) is 0 Å².